The Labute approximate surface area is 202 Å². The average Bonchev–Trinajstić information content (AvgIpc) is 2.79. The van der Waals surface area contributed by atoms with E-state index in [2.05, 4.69) is 31.3 Å². The Morgan fingerprint density at radius 2 is 1.97 bits per heavy atom. The Kier molecular flexibility index (Phi) is 8.65. The van der Waals surface area contributed by atoms with Gasteiger partial charge in [0.25, 0.3) is 10.0 Å². The summed E-state index contributed by atoms with van der Waals surface area (Å²) in [6, 6.07) is 13.0. The average molecular weight is 487 g/mol. The van der Waals surface area contributed by atoms with E-state index < -0.39 is 10.0 Å². The summed E-state index contributed by atoms with van der Waals surface area (Å²) in [6.07, 6.45) is 6.61. The number of thioether (sulfide) groups is 1. The van der Waals surface area contributed by atoms with Crippen LogP contribution in [-0.4, -0.2) is 31.4 Å². The maximum Gasteiger partial charge on any atom is 0.264 e. The number of hydrogen-bond acceptors (Lipinski definition) is 4. The van der Waals surface area contributed by atoms with Crippen LogP contribution in [0.5, 0.6) is 0 Å². The molecule has 0 radical (unpaired) electrons. The van der Waals surface area contributed by atoms with Crippen molar-refractivity contribution < 1.29 is 13.2 Å². The molecular weight excluding hydrogens is 452 g/mol. The van der Waals surface area contributed by atoms with Crippen LogP contribution in [0.4, 0.5) is 5.69 Å². The van der Waals surface area contributed by atoms with Gasteiger partial charge in [0.1, 0.15) is 0 Å². The smallest absolute Gasteiger partial charge is 0.264 e. The van der Waals surface area contributed by atoms with Crippen LogP contribution in [0.3, 0.4) is 0 Å². The molecule has 1 heterocycles. The van der Waals surface area contributed by atoms with Crippen molar-refractivity contribution in [3.05, 3.63) is 65.4 Å². The number of carbonyl (C=O) groups is 1. The molecule has 2 aromatic rings. The number of anilines is 1. The van der Waals surface area contributed by atoms with E-state index >= 15 is 0 Å². The minimum absolute atomic E-state index is 0.302. The molecule has 1 N–H and O–H groups in total. The Balaban J connectivity index is 1.78. The normalized spacial score (nSPS) is 17.0. The largest absolute Gasteiger partial charge is 0.321 e. The first-order valence-electron chi connectivity index (χ1n) is 11.6. The van der Waals surface area contributed by atoms with Crippen molar-refractivity contribution in [2.75, 3.05) is 18.1 Å². The van der Waals surface area contributed by atoms with Crippen molar-refractivity contribution in [3.8, 4) is 0 Å². The molecule has 0 aromatic heterocycles. The molecule has 0 aliphatic carbocycles. The number of amides is 1. The first kappa shape index (κ1) is 25.4. The molecule has 1 aliphatic heterocycles. The van der Waals surface area contributed by atoms with Crippen LogP contribution in [0.1, 0.15) is 50.7 Å². The summed E-state index contributed by atoms with van der Waals surface area (Å²) in [5.74, 6) is 1.35. The monoisotopic (exact) mass is 486 g/mol. The van der Waals surface area contributed by atoms with E-state index in [1.807, 2.05) is 19.1 Å². The third-order valence-electron chi connectivity index (χ3n) is 6.10. The number of unbranched alkanes of at least 4 members (excludes halogenated alkanes) is 1. The van der Waals surface area contributed by atoms with Gasteiger partial charge in [-0.3, -0.25) is 9.10 Å². The fourth-order valence-electron chi connectivity index (χ4n) is 3.95. The van der Waals surface area contributed by atoms with Crippen molar-refractivity contribution in [1.29, 1.82) is 0 Å². The van der Waals surface area contributed by atoms with E-state index in [1.165, 1.54) is 36.7 Å². The van der Waals surface area contributed by atoms with Gasteiger partial charge in [0.15, 0.2) is 0 Å². The highest BCUT2D eigenvalue weighted by Gasteiger charge is 2.31. The SMILES string of the molecule is CCCCC(CC)CSc1ccc(C)cc1NC(=O)/C=C1/Cc2ccccc2S(=O)(=O)N1C. The zero-order valence-corrected chi connectivity index (χ0v) is 21.6. The maximum absolute atomic E-state index is 12.9. The van der Waals surface area contributed by atoms with Crippen molar-refractivity contribution in [2.45, 2.75) is 62.7 Å². The van der Waals surface area contributed by atoms with E-state index in [0.29, 0.717) is 28.5 Å². The fraction of sp³-hybridized carbons (Fsp3) is 0.423. The number of fused-ring (bicyclic) bond motifs is 1. The van der Waals surface area contributed by atoms with Crippen molar-refractivity contribution in [2.24, 2.45) is 5.92 Å². The molecule has 0 fully saturated rings. The molecule has 5 nitrogen and oxygen atoms in total. The van der Waals surface area contributed by atoms with E-state index in [1.54, 1.807) is 30.0 Å². The summed E-state index contributed by atoms with van der Waals surface area (Å²) in [4.78, 5) is 14.3. The van der Waals surface area contributed by atoms with Crippen molar-refractivity contribution >= 4 is 33.4 Å². The van der Waals surface area contributed by atoms with E-state index in [0.717, 1.165) is 28.3 Å². The summed E-state index contributed by atoms with van der Waals surface area (Å²) < 4.78 is 26.9. The molecule has 0 saturated heterocycles. The molecule has 0 bridgehead atoms. The molecular formula is C26H34N2O3S2. The molecule has 33 heavy (non-hydrogen) atoms. The van der Waals surface area contributed by atoms with Crippen LogP contribution in [-0.2, 0) is 21.2 Å². The van der Waals surface area contributed by atoms with Gasteiger partial charge in [-0.15, -0.1) is 11.8 Å². The molecule has 1 amide bonds. The number of aryl methyl sites for hydroxylation is 1. The van der Waals surface area contributed by atoms with Gasteiger partial charge in [0, 0.05) is 35.9 Å². The first-order valence-corrected chi connectivity index (χ1v) is 14.0. The van der Waals surface area contributed by atoms with Crippen LogP contribution in [0, 0.1) is 12.8 Å². The minimum atomic E-state index is -3.65. The lowest BCUT2D eigenvalue weighted by atomic mass is 10.0. The molecule has 178 valence electrons. The molecule has 7 heteroatoms. The summed E-state index contributed by atoms with van der Waals surface area (Å²) in [7, 11) is -2.15. The molecule has 1 atom stereocenters. The number of hydrogen-bond donors (Lipinski definition) is 1. The van der Waals surface area contributed by atoms with Gasteiger partial charge in [0.2, 0.25) is 5.91 Å². The number of rotatable bonds is 9. The van der Waals surface area contributed by atoms with Gasteiger partial charge in [-0.05, 0) is 48.6 Å². The highest BCUT2D eigenvalue weighted by atomic mass is 32.2. The lowest BCUT2D eigenvalue weighted by molar-refractivity contribution is -0.112. The van der Waals surface area contributed by atoms with Gasteiger partial charge in [-0.1, -0.05) is 57.4 Å². The van der Waals surface area contributed by atoms with Gasteiger partial charge in [-0.2, -0.15) is 0 Å². The molecule has 1 unspecified atom stereocenters. The first-order chi connectivity index (χ1) is 15.8. The second-order valence-corrected chi connectivity index (χ2v) is 11.6. The second kappa shape index (κ2) is 11.3. The third kappa shape index (κ3) is 6.21. The van der Waals surface area contributed by atoms with Crippen molar-refractivity contribution in [3.63, 3.8) is 0 Å². The lowest BCUT2D eigenvalue weighted by Crippen LogP contribution is -2.33. The minimum Gasteiger partial charge on any atom is -0.321 e. The number of allylic oxidation sites excluding steroid dienone is 1. The van der Waals surface area contributed by atoms with Gasteiger partial charge in [0.05, 0.1) is 10.6 Å². The number of nitrogens with one attached hydrogen (secondary N) is 1. The lowest BCUT2D eigenvalue weighted by Gasteiger charge is -2.29. The van der Waals surface area contributed by atoms with E-state index in [-0.39, 0.29) is 5.91 Å². The standard InChI is InChI=1S/C26H34N2O3S2/c1-5-7-10-20(6-2)18-32-24-14-13-19(3)15-23(24)27-26(29)17-22-16-21-11-8-9-12-25(21)33(30,31)28(22)4/h8-9,11-15,17,20H,5-7,10,16,18H2,1-4H3,(H,27,29)/b22-17-. The molecule has 3 rings (SSSR count). The third-order valence-corrected chi connectivity index (χ3v) is 9.31. The molecule has 2 aromatic carbocycles. The highest BCUT2D eigenvalue weighted by Crippen LogP contribution is 2.33. The second-order valence-electron chi connectivity index (χ2n) is 8.61. The predicted molar refractivity (Wildman–Crippen MR) is 137 cm³/mol. The summed E-state index contributed by atoms with van der Waals surface area (Å²) >= 11 is 1.78. The zero-order valence-electron chi connectivity index (χ0n) is 19.9. The summed E-state index contributed by atoms with van der Waals surface area (Å²) in [5.41, 5.74) is 3.00. The number of nitrogens with zero attached hydrogens (tertiary/aromatic N) is 1. The van der Waals surface area contributed by atoms with Crippen LogP contribution in [0.25, 0.3) is 0 Å². The van der Waals surface area contributed by atoms with Crippen LogP contribution >= 0.6 is 11.8 Å². The quantitative estimate of drug-likeness (QED) is 0.349. The maximum atomic E-state index is 12.9. The Morgan fingerprint density at radius 3 is 2.70 bits per heavy atom. The molecule has 1 aliphatic rings. The van der Waals surface area contributed by atoms with Gasteiger partial charge >= 0.3 is 0 Å². The van der Waals surface area contributed by atoms with Crippen LogP contribution in [0.15, 0.2) is 64.0 Å². The zero-order chi connectivity index (χ0) is 24.0. The number of carbonyl (C=O) groups excluding carboxylic acids is 1. The number of sulfonamides is 1. The Morgan fingerprint density at radius 1 is 1.21 bits per heavy atom. The Bertz CT molecular complexity index is 1130. The van der Waals surface area contributed by atoms with Crippen LogP contribution < -0.4 is 5.32 Å². The van der Waals surface area contributed by atoms with Crippen LogP contribution in [0.2, 0.25) is 0 Å². The summed E-state index contributed by atoms with van der Waals surface area (Å²) in [6.45, 7) is 6.45. The number of benzene rings is 2. The number of likely N-dealkylation sites (N-methyl/N-ethyl adjacent to an activating group) is 1. The van der Waals surface area contributed by atoms with Gasteiger partial charge < -0.3 is 5.32 Å². The van der Waals surface area contributed by atoms with Gasteiger partial charge in [-0.25, -0.2) is 8.42 Å². The topological polar surface area (TPSA) is 66.5 Å². The summed E-state index contributed by atoms with van der Waals surface area (Å²) in [5, 5.41) is 3.00. The highest BCUT2D eigenvalue weighted by molar-refractivity contribution is 7.99. The Hall–Kier alpha value is -2.25. The van der Waals surface area contributed by atoms with E-state index in [9.17, 15) is 13.2 Å². The molecule has 0 saturated carbocycles. The predicted octanol–water partition coefficient (Wildman–Crippen LogP) is 6.00. The van der Waals surface area contributed by atoms with E-state index in [4.69, 9.17) is 0 Å². The van der Waals surface area contributed by atoms with Crippen molar-refractivity contribution in [1.82, 2.24) is 4.31 Å². The molecule has 0 spiro atoms. The fourth-order valence-corrected chi connectivity index (χ4v) is 6.64.